The third kappa shape index (κ3) is 1.09. The molecule has 3 nitrogen and oxygen atoms in total. The molecule has 0 atom stereocenters. The smallest absolute Gasteiger partial charge is 0.253 e. The van der Waals surface area contributed by atoms with Crippen molar-refractivity contribution in [1.82, 2.24) is 4.90 Å². The predicted molar refractivity (Wildman–Crippen MR) is 45.0 cm³/mol. The summed E-state index contributed by atoms with van der Waals surface area (Å²) >= 11 is 1.47. The molecule has 0 aliphatic carbocycles. The van der Waals surface area contributed by atoms with Crippen LogP contribution in [0, 0.1) is 0 Å². The number of thioether (sulfide) groups is 1. The van der Waals surface area contributed by atoms with Gasteiger partial charge in [0.1, 0.15) is 0 Å². The monoisotopic (exact) mass is 166 g/mol. The summed E-state index contributed by atoms with van der Waals surface area (Å²) in [7, 11) is 0. The van der Waals surface area contributed by atoms with Crippen LogP contribution in [-0.2, 0) is 4.79 Å². The standard InChI is InChI=1S/C7H6N2OS/c10-6-2-5-11-7-8-3-1-4-9(6)7/h1-3,5H,4H2. The van der Waals surface area contributed by atoms with Gasteiger partial charge in [0, 0.05) is 18.8 Å². The summed E-state index contributed by atoms with van der Waals surface area (Å²) < 4.78 is 0. The minimum atomic E-state index is 0.0202. The van der Waals surface area contributed by atoms with Crippen LogP contribution >= 0.6 is 11.8 Å². The van der Waals surface area contributed by atoms with E-state index in [2.05, 4.69) is 4.99 Å². The molecule has 2 aliphatic rings. The Hall–Kier alpha value is -1.03. The molecule has 0 saturated carbocycles. The van der Waals surface area contributed by atoms with Gasteiger partial charge in [0.25, 0.3) is 5.91 Å². The Morgan fingerprint density at radius 1 is 1.64 bits per heavy atom. The minimum Gasteiger partial charge on any atom is -0.283 e. The van der Waals surface area contributed by atoms with Gasteiger partial charge < -0.3 is 0 Å². The van der Waals surface area contributed by atoms with Crippen LogP contribution in [0.2, 0.25) is 0 Å². The first-order valence-electron chi connectivity index (χ1n) is 3.25. The molecule has 0 spiro atoms. The van der Waals surface area contributed by atoms with Crippen LogP contribution in [0.4, 0.5) is 0 Å². The number of amides is 1. The average Bonchev–Trinajstić information content (AvgIpc) is 2.06. The van der Waals surface area contributed by atoms with Gasteiger partial charge in [-0.05, 0) is 11.5 Å². The molecular weight excluding hydrogens is 160 g/mol. The van der Waals surface area contributed by atoms with E-state index in [1.54, 1.807) is 22.6 Å². The van der Waals surface area contributed by atoms with E-state index >= 15 is 0 Å². The van der Waals surface area contributed by atoms with Crippen LogP contribution in [0.15, 0.2) is 28.8 Å². The Kier molecular flexibility index (Phi) is 1.54. The highest BCUT2D eigenvalue weighted by molar-refractivity contribution is 8.16. The van der Waals surface area contributed by atoms with Crippen LogP contribution in [0.3, 0.4) is 0 Å². The maximum absolute atomic E-state index is 11.1. The molecule has 56 valence electrons. The van der Waals surface area contributed by atoms with E-state index in [0.717, 1.165) is 5.17 Å². The number of nitrogens with zero attached hydrogens (tertiary/aromatic N) is 2. The molecule has 2 aliphatic heterocycles. The highest BCUT2D eigenvalue weighted by Crippen LogP contribution is 2.18. The molecule has 0 aromatic heterocycles. The van der Waals surface area contributed by atoms with Crippen LogP contribution in [0.25, 0.3) is 0 Å². The average molecular weight is 166 g/mol. The van der Waals surface area contributed by atoms with E-state index in [-0.39, 0.29) is 5.91 Å². The number of fused-ring (bicyclic) bond motifs is 1. The largest absolute Gasteiger partial charge is 0.283 e. The fourth-order valence-corrected chi connectivity index (χ4v) is 1.66. The van der Waals surface area contributed by atoms with Crippen LogP contribution < -0.4 is 0 Å². The van der Waals surface area contributed by atoms with E-state index < -0.39 is 0 Å². The zero-order valence-corrected chi connectivity index (χ0v) is 6.54. The third-order valence-electron chi connectivity index (χ3n) is 1.46. The van der Waals surface area contributed by atoms with E-state index in [4.69, 9.17) is 0 Å². The summed E-state index contributed by atoms with van der Waals surface area (Å²) in [5, 5.41) is 2.54. The van der Waals surface area contributed by atoms with Crippen LogP contribution in [0.1, 0.15) is 0 Å². The van der Waals surface area contributed by atoms with Gasteiger partial charge in [0.2, 0.25) is 0 Å². The number of aliphatic imine (C=N–C) groups is 1. The maximum Gasteiger partial charge on any atom is 0.253 e. The molecule has 0 N–H and O–H groups in total. The fraction of sp³-hybridized carbons (Fsp3) is 0.143. The van der Waals surface area contributed by atoms with Gasteiger partial charge in [0.05, 0.1) is 0 Å². The van der Waals surface area contributed by atoms with Crippen molar-refractivity contribution in [2.45, 2.75) is 0 Å². The highest BCUT2D eigenvalue weighted by Gasteiger charge is 2.20. The lowest BCUT2D eigenvalue weighted by Crippen LogP contribution is -2.36. The molecule has 0 radical (unpaired) electrons. The zero-order valence-electron chi connectivity index (χ0n) is 5.73. The van der Waals surface area contributed by atoms with Gasteiger partial charge in [-0.1, -0.05) is 11.8 Å². The fourth-order valence-electron chi connectivity index (χ4n) is 0.938. The van der Waals surface area contributed by atoms with Crippen molar-refractivity contribution in [3.63, 3.8) is 0 Å². The Bertz CT molecular complexity index is 280. The maximum atomic E-state index is 11.1. The van der Waals surface area contributed by atoms with E-state index in [9.17, 15) is 4.79 Å². The van der Waals surface area contributed by atoms with Gasteiger partial charge in [-0.3, -0.25) is 9.69 Å². The number of rotatable bonds is 0. The van der Waals surface area contributed by atoms with Crippen molar-refractivity contribution in [1.29, 1.82) is 0 Å². The Morgan fingerprint density at radius 3 is 3.36 bits per heavy atom. The lowest BCUT2D eigenvalue weighted by Gasteiger charge is -2.24. The van der Waals surface area contributed by atoms with Crippen molar-refractivity contribution >= 4 is 22.8 Å². The molecule has 0 fully saturated rings. The quantitative estimate of drug-likeness (QED) is 0.537. The summed E-state index contributed by atoms with van der Waals surface area (Å²) in [6.45, 7) is 0.648. The number of hydrogen-bond donors (Lipinski definition) is 0. The Morgan fingerprint density at radius 2 is 2.55 bits per heavy atom. The summed E-state index contributed by atoms with van der Waals surface area (Å²) in [4.78, 5) is 16.8. The molecule has 0 saturated heterocycles. The molecule has 2 heterocycles. The molecule has 2 rings (SSSR count). The molecule has 0 aromatic carbocycles. The third-order valence-corrected chi connectivity index (χ3v) is 2.27. The van der Waals surface area contributed by atoms with Gasteiger partial charge in [-0.25, -0.2) is 4.99 Å². The van der Waals surface area contributed by atoms with Crippen LogP contribution in [0.5, 0.6) is 0 Å². The lowest BCUT2D eigenvalue weighted by molar-refractivity contribution is -0.122. The number of hydrogen-bond acceptors (Lipinski definition) is 3. The Labute approximate surface area is 68.5 Å². The second-order valence-electron chi connectivity index (χ2n) is 2.17. The molecular formula is C7H6N2OS. The van der Waals surface area contributed by atoms with E-state index in [1.165, 1.54) is 11.8 Å². The molecule has 11 heavy (non-hydrogen) atoms. The zero-order chi connectivity index (χ0) is 7.68. The second kappa shape index (κ2) is 2.54. The van der Waals surface area contributed by atoms with Crippen molar-refractivity contribution in [2.24, 2.45) is 4.99 Å². The van der Waals surface area contributed by atoms with Crippen LogP contribution in [-0.4, -0.2) is 22.5 Å². The molecule has 0 aromatic rings. The van der Waals surface area contributed by atoms with E-state index in [0.29, 0.717) is 6.54 Å². The summed E-state index contributed by atoms with van der Waals surface area (Å²) in [6.07, 6.45) is 5.15. The van der Waals surface area contributed by atoms with Gasteiger partial charge >= 0.3 is 0 Å². The lowest BCUT2D eigenvalue weighted by atomic mass is 10.4. The first-order valence-corrected chi connectivity index (χ1v) is 4.13. The molecule has 0 bridgehead atoms. The van der Waals surface area contributed by atoms with Gasteiger partial charge in [-0.15, -0.1) is 0 Å². The van der Waals surface area contributed by atoms with Crippen molar-refractivity contribution in [3.05, 3.63) is 23.8 Å². The molecule has 4 heteroatoms. The first-order chi connectivity index (χ1) is 5.38. The number of carbonyl (C=O) groups excluding carboxylic acids is 1. The van der Waals surface area contributed by atoms with Gasteiger partial charge in [0.15, 0.2) is 5.17 Å². The van der Waals surface area contributed by atoms with Crippen molar-refractivity contribution in [2.75, 3.05) is 6.54 Å². The summed E-state index contributed by atoms with van der Waals surface area (Å²) in [5.41, 5.74) is 0. The number of carbonyl (C=O) groups is 1. The molecule has 0 unspecified atom stereocenters. The SMILES string of the molecule is O=C1C=CSC2=NC=CCN12. The molecule has 1 amide bonds. The topological polar surface area (TPSA) is 32.7 Å². The first kappa shape index (κ1) is 6.67. The summed E-state index contributed by atoms with van der Waals surface area (Å²) in [6, 6.07) is 0. The normalized spacial score (nSPS) is 21.6. The minimum absolute atomic E-state index is 0.0202. The highest BCUT2D eigenvalue weighted by atomic mass is 32.2. The number of amidine groups is 1. The Balaban J connectivity index is 2.34. The van der Waals surface area contributed by atoms with E-state index in [1.807, 2.05) is 6.08 Å². The van der Waals surface area contributed by atoms with Crippen molar-refractivity contribution in [3.8, 4) is 0 Å². The van der Waals surface area contributed by atoms with Gasteiger partial charge in [-0.2, -0.15) is 0 Å². The second-order valence-corrected chi connectivity index (χ2v) is 3.04. The predicted octanol–water partition coefficient (Wildman–Crippen LogP) is 0.959. The summed E-state index contributed by atoms with van der Waals surface area (Å²) in [5.74, 6) is 0.0202. The van der Waals surface area contributed by atoms with Crippen molar-refractivity contribution < 1.29 is 4.79 Å².